The van der Waals surface area contributed by atoms with Crippen molar-refractivity contribution in [1.82, 2.24) is 0 Å². The zero-order valence-electron chi connectivity index (χ0n) is 11.7. The van der Waals surface area contributed by atoms with Crippen molar-refractivity contribution in [2.45, 2.75) is 0 Å². The van der Waals surface area contributed by atoms with Gasteiger partial charge in [0.15, 0.2) is 0 Å². The van der Waals surface area contributed by atoms with Gasteiger partial charge in [-0.05, 0) is 36.4 Å². The molecule has 3 aromatic carbocycles. The molecule has 0 aliphatic carbocycles. The molecule has 0 aliphatic rings. The fraction of sp³-hybridized carbons (Fsp3) is 0. The Morgan fingerprint density at radius 2 is 0.650 bits per heavy atom. The Morgan fingerprint density at radius 3 is 0.900 bits per heavy atom. The predicted molar refractivity (Wildman–Crippen MR) is 86.5 cm³/mol. The predicted octanol–water partition coefficient (Wildman–Crippen LogP) is 0.181. The Morgan fingerprint density at radius 1 is 0.400 bits per heavy atom. The summed E-state index contributed by atoms with van der Waals surface area (Å²) in [5.74, 6) is 0. The standard InChI is InChI=1S/C18H15P.Li/c1-4-10-16(11-5-1)19(17-12-6-2-7-13-17)18-14-8-3-9-15-18;/h1-15H;/q;+1/p+1. The van der Waals surface area contributed by atoms with E-state index in [0.717, 1.165) is 0 Å². The molecule has 0 aliphatic heterocycles. The number of hydrogen-bond donors (Lipinski definition) is 0. The van der Waals surface area contributed by atoms with Gasteiger partial charge in [-0.25, -0.2) is 0 Å². The van der Waals surface area contributed by atoms with Crippen LogP contribution < -0.4 is 34.8 Å². The molecule has 3 rings (SSSR count). The molecule has 0 N–H and O–H groups in total. The average Bonchev–Trinajstić information content (AvgIpc) is 2.51. The van der Waals surface area contributed by atoms with Gasteiger partial charge in [-0.2, -0.15) is 0 Å². The quantitative estimate of drug-likeness (QED) is 0.470. The maximum atomic E-state index is 2.24. The second-order valence-electron chi connectivity index (χ2n) is 4.47. The van der Waals surface area contributed by atoms with Crippen LogP contribution in [0.3, 0.4) is 0 Å². The Hall–Kier alpha value is -1.31. The van der Waals surface area contributed by atoms with Gasteiger partial charge < -0.3 is 0 Å². The summed E-state index contributed by atoms with van der Waals surface area (Å²) >= 11 is 0. The van der Waals surface area contributed by atoms with Gasteiger partial charge in [-0.3, -0.25) is 0 Å². The number of benzene rings is 3. The first-order valence-corrected chi connectivity index (χ1v) is 7.98. The van der Waals surface area contributed by atoms with Crippen LogP contribution >= 0.6 is 7.92 Å². The Labute approximate surface area is 133 Å². The van der Waals surface area contributed by atoms with Crippen LogP contribution in [0.5, 0.6) is 0 Å². The summed E-state index contributed by atoms with van der Waals surface area (Å²) in [6, 6.07) is 32.5. The molecule has 0 bridgehead atoms. The maximum absolute atomic E-state index is 2.24. The van der Waals surface area contributed by atoms with Crippen LogP contribution in [-0.4, -0.2) is 0 Å². The minimum Gasteiger partial charge on any atom is -0.0620 e. The summed E-state index contributed by atoms with van der Waals surface area (Å²) < 4.78 is 0. The van der Waals surface area contributed by atoms with Crippen LogP contribution in [0, 0.1) is 0 Å². The van der Waals surface area contributed by atoms with E-state index in [0.29, 0.717) is 0 Å². The van der Waals surface area contributed by atoms with Crippen LogP contribution in [0.25, 0.3) is 0 Å². The Bertz CT molecular complexity index is 529. The monoisotopic (exact) mass is 270 g/mol. The number of rotatable bonds is 3. The second-order valence-corrected chi connectivity index (χ2v) is 6.96. The molecular weight excluding hydrogens is 254 g/mol. The molecule has 92 valence electrons. The minimum absolute atomic E-state index is 0. The smallest absolute Gasteiger partial charge is 0.0620 e. The van der Waals surface area contributed by atoms with E-state index < -0.39 is 7.92 Å². The van der Waals surface area contributed by atoms with Crippen LogP contribution in [0.2, 0.25) is 0 Å². The molecule has 0 heterocycles. The SMILES string of the molecule is [Li+].c1ccc([PH+](c2ccccc2)c2ccccc2)cc1. The van der Waals surface area contributed by atoms with Gasteiger partial charge in [0, 0.05) is 0 Å². The van der Waals surface area contributed by atoms with Crippen LogP contribution in [0.4, 0.5) is 0 Å². The van der Waals surface area contributed by atoms with Crippen molar-refractivity contribution in [3.05, 3.63) is 91.0 Å². The van der Waals surface area contributed by atoms with Crippen LogP contribution in [0.1, 0.15) is 0 Å². The van der Waals surface area contributed by atoms with E-state index in [4.69, 9.17) is 0 Å². The van der Waals surface area contributed by atoms with Gasteiger partial charge >= 0.3 is 18.9 Å². The summed E-state index contributed by atoms with van der Waals surface area (Å²) in [4.78, 5) is 0. The Kier molecular flexibility index (Phi) is 5.63. The van der Waals surface area contributed by atoms with Gasteiger partial charge in [0.1, 0.15) is 15.9 Å². The molecule has 0 saturated carbocycles. The first-order chi connectivity index (χ1) is 9.45. The summed E-state index contributed by atoms with van der Waals surface area (Å²) in [5.41, 5.74) is 0. The third kappa shape index (κ3) is 3.41. The third-order valence-electron chi connectivity index (χ3n) is 3.19. The van der Waals surface area contributed by atoms with Crippen molar-refractivity contribution >= 4 is 23.8 Å². The van der Waals surface area contributed by atoms with E-state index in [9.17, 15) is 0 Å². The third-order valence-corrected chi connectivity index (χ3v) is 5.92. The summed E-state index contributed by atoms with van der Waals surface area (Å²) in [5, 5.41) is 4.31. The van der Waals surface area contributed by atoms with Gasteiger partial charge in [0.05, 0.1) is 7.92 Å². The first kappa shape index (κ1) is 15.1. The zero-order valence-corrected chi connectivity index (χ0v) is 12.7. The van der Waals surface area contributed by atoms with E-state index in [2.05, 4.69) is 91.0 Å². The summed E-state index contributed by atoms with van der Waals surface area (Å²) in [6.45, 7) is 0. The van der Waals surface area contributed by atoms with Gasteiger partial charge in [-0.1, -0.05) is 54.6 Å². The van der Waals surface area contributed by atoms with E-state index in [1.807, 2.05) is 0 Å². The molecule has 0 spiro atoms. The second kappa shape index (κ2) is 7.46. The topological polar surface area (TPSA) is 0 Å². The molecule has 0 aromatic heterocycles. The van der Waals surface area contributed by atoms with E-state index in [1.54, 1.807) is 0 Å². The fourth-order valence-electron chi connectivity index (χ4n) is 2.31. The minimum atomic E-state index is -0.877. The van der Waals surface area contributed by atoms with Crippen molar-refractivity contribution in [3.63, 3.8) is 0 Å². The van der Waals surface area contributed by atoms with E-state index >= 15 is 0 Å². The van der Waals surface area contributed by atoms with Crippen molar-refractivity contribution < 1.29 is 18.9 Å². The van der Waals surface area contributed by atoms with E-state index in [1.165, 1.54) is 15.9 Å². The molecule has 2 heteroatoms. The average molecular weight is 270 g/mol. The van der Waals surface area contributed by atoms with Crippen molar-refractivity contribution in [2.24, 2.45) is 0 Å². The molecule has 0 saturated heterocycles. The molecule has 0 nitrogen and oxygen atoms in total. The molecule has 20 heavy (non-hydrogen) atoms. The number of hydrogen-bond acceptors (Lipinski definition) is 0. The largest absolute Gasteiger partial charge is 1.00 e. The molecule has 0 radical (unpaired) electrons. The maximum Gasteiger partial charge on any atom is 1.00 e. The van der Waals surface area contributed by atoms with Gasteiger partial charge in [0.2, 0.25) is 0 Å². The summed E-state index contributed by atoms with van der Waals surface area (Å²) in [7, 11) is -0.877. The van der Waals surface area contributed by atoms with Crippen molar-refractivity contribution in [3.8, 4) is 0 Å². The zero-order chi connectivity index (χ0) is 12.9. The van der Waals surface area contributed by atoms with Crippen LogP contribution in [-0.2, 0) is 0 Å². The van der Waals surface area contributed by atoms with Crippen molar-refractivity contribution in [2.75, 3.05) is 0 Å². The fourth-order valence-corrected chi connectivity index (χ4v) is 4.89. The normalized spacial score (nSPS) is 10.1. The summed E-state index contributed by atoms with van der Waals surface area (Å²) in [6.07, 6.45) is 0. The Balaban J connectivity index is 0.00000147. The molecule has 0 atom stereocenters. The molecular formula is C18H16LiP+2. The van der Waals surface area contributed by atoms with Crippen LogP contribution in [0.15, 0.2) is 91.0 Å². The first-order valence-electron chi connectivity index (χ1n) is 6.48. The molecule has 0 amide bonds. The van der Waals surface area contributed by atoms with E-state index in [-0.39, 0.29) is 18.9 Å². The molecule has 0 unspecified atom stereocenters. The van der Waals surface area contributed by atoms with Gasteiger partial charge in [0.25, 0.3) is 0 Å². The molecule has 3 aromatic rings. The van der Waals surface area contributed by atoms with Crippen molar-refractivity contribution in [1.29, 1.82) is 0 Å². The molecule has 0 fully saturated rings. The van der Waals surface area contributed by atoms with Gasteiger partial charge in [-0.15, -0.1) is 0 Å².